The molecule has 0 radical (unpaired) electrons. The zero-order valence-electron chi connectivity index (χ0n) is 16.9. The third-order valence-corrected chi connectivity index (χ3v) is 5.94. The van der Waals surface area contributed by atoms with Crippen LogP contribution in [0.4, 0.5) is 5.69 Å². The number of amides is 1. The molecule has 0 saturated carbocycles. The Labute approximate surface area is 168 Å². The second-order valence-electron chi connectivity index (χ2n) is 8.17. The number of aliphatic imine (C=N–C) groups is 1. The van der Waals surface area contributed by atoms with Crippen molar-refractivity contribution in [1.82, 2.24) is 9.80 Å². The van der Waals surface area contributed by atoms with Crippen molar-refractivity contribution in [2.45, 2.75) is 39.7 Å². The van der Waals surface area contributed by atoms with E-state index in [1.54, 1.807) is 0 Å². The third kappa shape index (κ3) is 4.05. The molecule has 1 aromatic carbocycles. The lowest BCUT2D eigenvalue weighted by Gasteiger charge is -2.40. The molecule has 1 atom stereocenters. The Kier molecular flexibility index (Phi) is 6.24. The van der Waals surface area contributed by atoms with Crippen molar-refractivity contribution in [2.24, 2.45) is 10.4 Å². The summed E-state index contributed by atoms with van der Waals surface area (Å²) in [5.74, 6) is 1.01. The minimum atomic E-state index is -0.513. The molecule has 1 aromatic rings. The number of unbranched alkanes of at least 4 members (excludes halogenated alkanes) is 1. The van der Waals surface area contributed by atoms with Gasteiger partial charge in [0.15, 0.2) is 0 Å². The Hall–Kier alpha value is -1.43. The molecule has 2 saturated heterocycles. The van der Waals surface area contributed by atoms with E-state index < -0.39 is 5.41 Å². The zero-order valence-corrected chi connectivity index (χ0v) is 17.7. The van der Waals surface area contributed by atoms with E-state index in [4.69, 9.17) is 16.6 Å². The van der Waals surface area contributed by atoms with E-state index in [0.29, 0.717) is 5.02 Å². The lowest BCUT2D eigenvalue weighted by Crippen LogP contribution is -2.55. The summed E-state index contributed by atoms with van der Waals surface area (Å²) in [7, 11) is 2.15. The zero-order chi connectivity index (χ0) is 19.6. The van der Waals surface area contributed by atoms with Crippen molar-refractivity contribution in [1.29, 1.82) is 0 Å². The second-order valence-corrected chi connectivity index (χ2v) is 8.61. The van der Waals surface area contributed by atoms with Crippen molar-refractivity contribution in [3.05, 3.63) is 29.3 Å². The first-order valence-electron chi connectivity index (χ1n) is 9.93. The van der Waals surface area contributed by atoms with E-state index in [9.17, 15) is 4.79 Å². The normalized spacial score (nSPS) is 25.5. The Morgan fingerprint density at radius 1 is 1.15 bits per heavy atom. The van der Waals surface area contributed by atoms with Crippen LogP contribution in [0, 0.1) is 5.41 Å². The van der Waals surface area contributed by atoms with Crippen LogP contribution >= 0.6 is 11.6 Å². The lowest BCUT2D eigenvalue weighted by molar-refractivity contribution is -0.126. The first-order chi connectivity index (χ1) is 12.9. The highest BCUT2D eigenvalue weighted by atomic mass is 35.5. The highest BCUT2D eigenvalue weighted by Gasteiger charge is 2.54. The average Bonchev–Trinajstić information content (AvgIpc) is 2.83. The van der Waals surface area contributed by atoms with Crippen LogP contribution < -0.4 is 4.90 Å². The molecule has 5 nitrogen and oxygen atoms in total. The fraction of sp³-hybridized carbons (Fsp3) is 0.619. The van der Waals surface area contributed by atoms with Crippen LogP contribution in [0.2, 0.25) is 5.02 Å². The maximum absolute atomic E-state index is 13.4. The van der Waals surface area contributed by atoms with E-state index in [-0.39, 0.29) is 11.9 Å². The molecular formula is C21H31ClN4O. The monoisotopic (exact) mass is 390 g/mol. The van der Waals surface area contributed by atoms with Crippen molar-refractivity contribution < 1.29 is 4.79 Å². The van der Waals surface area contributed by atoms with Crippen molar-refractivity contribution in [3.8, 4) is 0 Å². The second kappa shape index (κ2) is 8.29. The van der Waals surface area contributed by atoms with Gasteiger partial charge in [-0.05, 0) is 51.6 Å². The Bertz CT molecular complexity index is 693. The average molecular weight is 391 g/mol. The maximum atomic E-state index is 13.4. The number of amidine groups is 1. The topological polar surface area (TPSA) is 39.1 Å². The Morgan fingerprint density at radius 2 is 1.78 bits per heavy atom. The molecular weight excluding hydrogens is 360 g/mol. The van der Waals surface area contributed by atoms with Crippen LogP contribution in [0.1, 0.15) is 33.6 Å². The van der Waals surface area contributed by atoms with E-state index in [0.717, 1.165) is 57.1 Å². The summed E-state index contributed by atoms with van der Waals surface area (Å²) in [6, 6.07) is 7.51. The maximum Gasteiger partial charge on any atom is 0.240 e. The highest BCUT2D eigenvalue weighted by molar-refractivity contribution is 6.31. The fourth-order valence-electron chi connectivity index (χ4n) is 4.00. The van der Waals surface area contributed by atoms with Crippen LogP contribution in [-0.2, 0) is 4.79 Å². The number of carbonyl (C=O) groups excluding carboxylic acids is 1. The van der Waals surface area contributed by atoms with Gasteiger partial charge < -0.3 is 4.90 Å². The van der Waals surface area contributed by atoms with E-state index in [2.05, 4.69) is 37.6 Å². The molecule has 2 heterocycles. The quantitative estimate of drug-likeness (QED) is 0.722. The summed E-state index contributed by atoms with van der Waals surface area (Å²) in [5.41, 5.74) is 0.338. The number of piperazine rings is 1. The summed E-state index contributed by atoms with van der Waals surface area (Å²) < 4.78 is 0. The largest absolute Gasteiger partial charge is 0.304 e. The van der Waals surface area contributed by atoms with Crippen molar-refractivity contribution in [2.75, 3.05) is 44.7 Å². The van der Waals surface area contributed by atoms with Gasteiger partial charge in [0.1, 0.15) is 5.84 Å². The molecule has 0 spiro atoms. The molecule has 2 fully saturated rings. The summed E-state index contributed by atoms with van der Waals surface area (Å²) in [6.07, 6.45) is 2.12. The Morgan fingerprint density at radius 3 is 2.37 bits per heavy atom. The van der Waals surface area contributed by atoms with Crippen molar-refractivity contribution >= 4 is 29.0 Å². The number of rotatable bonds is 5. The van der Waals surface area contributed by atoms with Gasteiger partial charge >= 0.3 is 0 Å². The van der Waals surface area contributed by atoms with E-state index in [1.807, 2.05) is 29.2 Å². The van der Waals surface area contributed by atoms with Gasteiger partial charge in [0.25, 0.3) is 0 Å². The molecule has 6 heteroatoms. The van der Waals surface area contributed by atoms with Crippen LogP contribution in [0.3, 0.4) is 0 Å². The van der Waals surface area contributed by atoms with E-state index in [1.165, 1.54) is 0 Å². The molecule has 0 aliphatic carbocycles. The highest BCUT2D eigenvalue weighted by Crippen LogP contribution is 2.39. The van der Waals surface area contributed by atoms with Crippen LogP contribution in [0.5, 0.6) is 0 Å². The van der Waals surface area contributed by atoms with Gasteiger partial charge in [0.05, 0.1) is 17.1 Å². The Balaban J connectivity index is 2.00. The molecule has 2 aliphatic heterocycles. The first-order valence-corrected chi connectivity index (χ1v) is 10.3. The number of nitrogens with zero attached hydrogens (tertiary/aromatic N) is 4. The SMILES string of the molecule is CCCCN=C1C(N2CCN(C)CC2)C(C)(C)C(=O)N1c1ccc(Cl)cc1. The molecule has 3 rings (SSSR count). The third-order valence-electron chi connectivity index (χ3n) is 5.68. The van der Waals surface area contributed by atoms with Gasteiger partial charge in [0, 0.05) is 37.7 Å². The number of halogens is 1. The van der Waals surface area contributed by atoms with Gasteiger partial charge in [-0.3, -0.25) is 19.6 Å². The van der Waals surface area contributed by atoms with Crippen molar-refractivity contribution in [3.63, 3.8) is 0 Å². The van der Waals surface area contributed by atoms with Gasteiger partial charge in [-0.15, -0.1) is 0 Å². The van der Waals surface area contributed by atoms with Crippen LogP contribution in [0.15, 0.2) is 29.3 Å². The number of carbonyl (C=O) groups is 1. The number of likely N-dealkylation sites (N-methyl/N-ethyl adjacent to an activating group) is 1. The minimum Gasteiger partial charge on any atom is -0.304 e. The standard InChI is InChI=1S/C21H31ClN4O/c1-5-6-11-23-19-18(25-14-12-24(4)13-15-25)21(2,3)20(27)26(19)17-9-7-16(22)8-10-17/h7-10,18H,5-6,11-15H2,1-4H3. The number of hydrogen-bond donors (Lipinski definition) is 0. The summed E-state index contributed by atoms with van der Waals surface area (Å²) in [5, 5.41) is 0.671. The van der Waals surface area contributed by atoms with Gasteiger partial charge in [-0.1, -0.05) is 24.9 Å². The van der Waals surface area contributed by atoms with Crippen LogP contribution in [-0.4, -0.2) is 67.4 Å². The number of benzene rings is 1. The first kappa shape index (κ1) is 20.3. The predicted molar refractivity (Wildman–Crippen MR) is 113 cm³/mol. The van der Waals surface area contributed by atoms with Gasteiger partial charge in [-0.2, -0.15) is 0 Å². The molecule has 1 unspecified atom stereocenters. The molecule has 27 heavy (non-hydrogen) atoms. The molecule has 0 bridgehead atoms. The summed E-state index contributed by atoms with van der Waals surface area (Å²) >= 11 is 6.07. The molecule has 0 N–H and O–H groups in total. The summed E-state index contributed by atoms with van der Waals surface area (Å²) in [6.45, 7) is 11.0. The lowest BCUT2D eigenvalue weighted by atomic mass is 9.85. The predicted octanol–water partition coefficient (Wildman–Crippen LogP) is 3.53. The van der Waals surface area contributed by atoms with Gasteiger partial charge in [-0.25, -0.2) is 0 Å². The molecule has 0 aromatic heterocycles. The van der Waals surface area contributed by atoms with Gasteiger partial charge in [0.2, 0.25) is 5.91 Å². The molecule has 148 valence electrons. The van der Waals surface area contributed by atoms with E-state index >= 15 is 0 Å². The van der Waals surface area contributed by atoms with Crippen LogP contribution in [0.25, 0.3) is 0 Å². The minimum absolute atomic E-state index is 0.00577. The fourth-order valence-corrected chi connectivity index (χ4v) is 4.13. The number of hydrogen-bond acceptors (Lipinski definition) is 4. The number of anilines is 1. The molecule has 2 aliphatic rings. The molecule has 1 amide bonds. The summed E-state index contributed by atoms with van der Waals surface area (Å²) in [4.78, 5) is 25.0. The smallest absolute Gasteiger partial charge is 0.240 e.